The molecule has 11 heteroatoms. The van der Waals surface area contributed by atoms with Gasteiger partial charge in [0.05, 0.1) is 12.9 Å². The summed E-state index contributed by atoms with van der Waals surface area (Å²) in [5.41, 5.74) is 11.7. The Balaban J connectivity index is 2.01. The van der Waals surface area contributed by atoms with Gasteiger partial charge >= 0.3 is 0 Å². The molecular formula is C11H16N6O5. The molecule has 0 spiro atoms. The number of hydrogen-bond donors (Lipinski definition) is 6. The van der Waals surface area contributed by atoms with Gasteiger partial charge in [0.2, 0.25) is 5.95 Å². The molecule has 5 unspecified atom stereocenters. The number of fused-ring (bicyclic) bond motifs is 1. The molecule has 120 valence electrons. The zero-order valence-corrected chi connectivity index (χ0v) is 11.3. The molecule has 8 N–H and O–H groups in total. The second-order valence-corrected chi connectivity index (χ2v) is 5.01. The van der Waals surface area contributed by atoms with E-state index in [9.17, 15) is 15.3 Å². The van der Waals surface area contributed by atoms with Crippen LogP contribution in [0.2, 0.25) is 0 Å². The second-order valence-electron chi connectivity index (χ2n) is 5.01. The maximum atomic E-state index is 10.1. The van der Waals surface area contributed by atoms with E-state index >= 15 is 0 Å². The summed E-state index contributed by atoms with van der Waals surface area (Å²) in [5.74, 6) is -0.00652. The number of imidazole rings is 1. The van der Waals surface area contributed by atoms with Crippen LogP contribution in [-0.4, -0.2) is 71.0 Å². The summed E-state index contributed by atoms with van der Waals surface area (Å²) in [4.78, 5) is 11.8. The molecule has 2 aromatic heterocycles. The molecule has 5 atom stereocenters. The summed E-state index contributed by atoms with van der Waals surface area (Å²) in [6.07, 6.45) is -5.00. The third-order valence-electron chi connectivity index (χ3n) is 3.58. The molecule has 11 nitrogen and oxygen atoms in total. The number of anilines is 2. The molecule has 0 amide bonds. The number of nitrogen functional groups attached to an aromatic ring is 2. The highest BCUT2D eigenvalue weighted by Crippen LogP contribution is 2.33. The van der Waals surface area contributed by atoms with E-state index in [1.807, 2.05) is 0 Å². The van der Waals surface area contributed by atoms with Crippen molar-refractivity contribution in [2.45, 2.75) is 30.6 Å². The molecule has 0 radical (unpaired) electrons. The normalized spacial score (nSPS) is 30.0. The summed E-state index contributed by atoms with van der Waals surface area (Å²) in [5, 5.41) is 38.7. The van der Waals surface area contributed by atoms with Gasteiger partial charge in [0.25, 0.3) is 0 Å². The Hall–Kier alpha value is -2.05. The zero-order chi connectivity index (χ0) is 16.0. The van der Waals surface area contributed by atoms with Gasteiger partial charge in [-0.25, -0.2) is 4.98 Å². The van der Waals surface area contributed by atoms with Gasteiger partial charge < -0.3 is 36.6 Å². The lowest BCUT2D eigenvalue weighted by Crippen LogP contribution is -2.40. The van der Waals surface area contributed by atoms with Crippen LogP contribution in [0.5, 0.6) is 0 Å². The number of hydrogen-bond acceptors (Lipinski definition) is 10. The van der Waals surface area contributed by atoms with Crippen LogP contribution >= 0.6 is 0 Å². The van der Waals surface area contributed by atoms with Crippen LogP contribution in [0, 0.1) is 0 Å². The number of nitrogens with zero attached hydrogens (tertiary/aromatic N) is 4. The maximum absolute atomic E-state index is 10.1. The number of aromatic nitrogens is 4. The fraction of sp³-hybridized carbons (Fsp3) is 0.545. The fourth-order valence-electron chi connectivity index (χ4n) is 2.48. The van der Waals surface area contributed by atoms with E-state index in [4.69, 9.17) is 21.3 Å². The van der Waals surface area contributed by atoms with Crippen molar-refractivity contribution in [2.75, 3.05) is 18.1 Å². The Bertz CT molecular complexity index is 693. The summed E-state index contributed by atoms with van der Waals surface area (Å²) < 4.78 is 6.78. The first kappa shape index (κ1) is 14.9. The minimum absolute atomic E-state index is 0.0706. The molecule has 1 aliphatic heterocycles. The summed E-state index contributed by atoms with van der Waals surface area (Å²) in [6, 6.07) is 0. The van der Waals surface area contributed by atoms with E-state index in [0.29, 0.717) is 0 Å². The molecule has 0 aliphatic carbocycles. The predicted molar refractivity (Wildman–Crippen MR) is 73.2 cm³/mol. The second kappa shape index (κ2) is 5.30. The quantitative estimate of drug-likeness (QED) is 0.340. The Kier molecular flexibility index (Phi) is 3.58. The van der Waals surface area contributed by atoms with E-state index in [1.165, 1.54) is 10.9 Å². The molecule has 3 heterocycles. The van der Waals surface area contributed by atoms with Crippen molar-refractivity contribution in [3.63, 3.8) is 0 Å². The van der Waals surface area contributed by atoms with Gasteiger partial charge in [-0.05, 0) is 0 Å². The summed E-state index contributed by atoms with van der Waals surface area (Å²) in [7, 11) is 0. The van der Waals surface area contributed by atoms with Gasteiger partial charge in [-0.15, -0.1) is 0 Å². The Morgan fingerprint density at radius 2 is 2.00 bits per heavy atom. The van der Waals surface area contributed by atoms with E-state index in [0.717, 1.165) is 0 Å². The molecule has 2 aromatic rings. The van der Waals surface area contributed by atoms with Crippen molar-refractivity contribution in [3.05, 3.63) is 6.33 Å². The lowest BCUT2D eigenvalue weighted by molar-refractivity contribution is -0.0962. The van der Waals surface area contributed by atoms with Crippen LogP contribution in [0.1, 0.15) is 6.23 Å². The van der Waals surface area contributed by atoms with E-state index < -0.39 is 37.3 Å². The summed E-state index contributed by atoms with van der Waals surface area (Å²) >= 11 is 0. The number of aliphatic hydroxyl groups excluding tert-OH is 4. The van der Waals surface area contributed by atoms with Crippen LogP contribution in [0.15, 0.2) is 6.33 Å². The molecule has 1 fully saturated rings. The van der Waals surface area contributed by atoms with Gasteiger partial charge in [0.1, 0.15) is 29.9 Å². The maximum Gasteiger partial charge on any atom is 0.224 e. The third-order valence-corrected chi connectivity index (χ3v) is 3.58. The molecule has 1 saturated heterocycles. The smallest absolute Gasteiger partial charge is 0.224 e. The molecule has 0 saturated carbocycles. The molecule has 0 aromatic carbocycles. The first-order valence-electron chi connectivity index (χ1n) is 6.50. The van der Waals surface area contributed by atoms with Crippen LogP contribution in [0.3, 0.4) is 0 Å². The highest BCUT2D eigenvalue weighted by molar-refractivity contribution is 5.82. The SMILES string of the molecule is Nc1nc(N)c2ncn(C3OC(C(O)CO)C(O)C3O)c2n1. The van der Waals surface area contributed by atoms with Crippen molar-refractivity contribution in [1.82, 2.24) is 19.5 Å². The molecule has 22 heavy (non-hydrogen) atoms. The third kappa shape index (κ3) is 2.15. The number of nitrogens with two attached hydrogens (primary N) is 2. The van der Waals surface area contributed by atoms with Gasteiger partial charge in [0.15, 0.2) is 17.7 Å². The van der Waals surface area contributed by atoms with Crippen molar-refractivity contribution in [2.24, 2.45) is 0 Å². The average molecular weight is 312 g/mol. The first-order valence-corrected chi connectivity index (χ1v) is 6.50. The lowest BCUT2D eigenvalue weighted by atomic mass is 10.1. The highest BCUT2D eigenvalue weighted by Gasteiger charge is 2.47. The largest absolute Gasteiger partial charge is 0.394 e. The summed E-state index contributed by atoms with van der Waals surface area (Å²) in [6.45, 7) is -0.617. The highest BCUT2D eigenvalue weighted by atomic mass is 16.6. The fourth-order valence-corrected chi connectivity index (χ4v) is 2.48. The minimum atomic E-state index is -1.39. The van der Waals surface area contributed by atoms with Gasteiger partial charge in [-0.1, -0.05) is 0 Å². The Morgan fingerprint density at radius 3 is 2.68 bits per heavy atom. The van der Waals surface area contributed by atoms with Gasteiger partial charge in [-0.3, -0.25) is 4.57 Å². The first-order chi connectivity index (χ1) is 10.4. The Labute approximate surface area is 123 Å². The topological polar surface area (TPSA) is 186 Å². The van der Waals surface area contributed by atoms with Gasteiger partial charge in [0, 0.05) is 0 Å². The average Bonchev–Trinajstić information content (AvgIpc) is 3.01. The molecule has 0 bridgehead atoms. The van der Waals surface area contributed by atoms with Crippen LogP contribution in [0.25, 0.3) is 11.2 Å². The van der Waals surface area contributed by atoms with Crippen molar-refractivity contribution >= 4 is 22.9 Å². The predicted octanol–water partition coefficient (Wildman–Crippen LogP) is -3.04. The van der Waals surface area contributed by atoms with Crippen molar-refractivity contribution < 1.29 is 25.2 Å². The number of aliphatic hydroxyl groups is 4. The molecule has 1 aliphatic rings. The standard InChI is InChI=1S/C11H16N6O5/c12-8-4-9(16-11(13)15-8)17(2-14-4)10-6(21)5(20)7(22-10)3(19)1-18/h2-3,5-7,10,18-21H,1H2,(H4,12,13,15,16). The molecule has 3 rings (SSSR count). The van der Waals surface area contributed by atoms with Gasteiger partial charge in [-0.2, -0.15) is 9.97 Å². The van der Waals surface area contributed by atoms with E-state index in [-0.39, 0.29) is 22.9 Å². The van der Waals surface area contributed by atoms with Crippen molar-refractivity contribution in [1.29, 1.82) is 0 Å². The zero-order valence-electron chi connectivity index (χ0n) is 11.3. The van der Waals surface area contributed by atoms with Crippen LogP contribution in [0.4, 0.5) is 11.8 Å². The van der Waals surface area contributed by atoms with E-state index in [2.05, 4.69) is 15.0 Å². The lowest BCUT2D eigenvalue weighted by Gasteiger charge is -2.18. The Morgan fingerprint density at radius 1 is 1.27 bits per heavy atom. The minimum Gasteiger partial charge on any atom is -0.394 e. The van der Waals surface area contributed by atoms with E-state index in [1.54, 1.807) is 0 Å². The molecular weight excluding hydrogens is 296 g/mol. The van der Waals surface area contributed by atoms with Crippen molar-refractivity contribution in [3.8, 4) is 0 Å². The van der Waals surface area contributed by atoms with Crippen LogP contribution in [-0.2, 0) is 4.74 Å². The number of rotatable bonds is 3. The number of ether oxygens (including phenoxy) is 1. The van der Waals surface area contributed by atoms with Crippen LogP contribution < -0.4 is 11.5 Å². The monoisotopic (exact) mass is 312 g/mol.